The predicted molar refractivity (Wildman–Crippen MR) is 94.7 cm³/mol. The van der Waals surface area contributed by atoms with Crippen LogP contribution in [0.3, 0.4) is 0 Å². The molecule has 4 nitrogen and oxygen atoms in total. The zero-order valence-electron chi connectivity index (χ0n) is 12.7. The van der Waals surface area contributed by atoms with Gasteiger partial charge in [0.1, 0.15) is 12.4 Å². The Hall–Kier alpha value is -2.27. The maximum atomic E-state index is 5.87. The van der Waals surface area contributed by atoms with Crippen molar-refractivity contribution in [1.29, 1.82) is 0 Å². The third kappa shape index (κ3) is 4.93. The van der Waals surface area contributed by atoms with Crippen LogP contribution in [0.2, 0.25) is 0 Å². The second kappa shape index (κ2) is 8.24. The molecule has 2 aromatic carbocycles. The van der Waals surface area contributed by atoms with Crippen molar-refractivity contribution in [1.82, 2.24) is 0 Å². The summed E-state index contributed by atoms with van der Waals surface area (Å²) in [4.78, 5) is 0. The van der Waals surface area contributed by atoms with Crippen LogP contribution in [0.1, 0.15) is 16.7 Å². The highest BCUT2D eigenvalue weighted by Gasteiger charge is 2.01. The molecule has 0 aliphatic carbocycles. The highest BCUT2D eigenvalue weighted by molar-refractivity contribution is 8.13. The van der Waals surface area contributed by atoms with Crippen LogP contribution in [0.5, 0.6) is 5.75 Å². The molecule has 0 amide bonds. The number of aryl methyl sites for hydroxylation is 1. The lowest BCUT2D eigenvalue weighted by molar-refractivity contribution is 0.306. The van der Waals surface area contributed by atoms with E-state index in [9.17, 15) is 0 Å². The molecule has 0 radical (unpaired) electrons. The number of thioether (sulfide) groups is 1. The first-order chi connectivity index (χ1) is 10.7. The fraction of sp³-hybridized carbons (Fsp3) is 0.176. The molecule has 2 aromatic rings. The van der Waals surface area contributed by atoms with E-state index in [1.54, 1.807) is 6.21 Å². The van der Waals surface area contributed by atoms with Crippen molar-refractivity contribution in [3.05, 3.63) is 65.2 Å². The van der Waals surface area contributed by atoms with Gasteiger partial charge in [-0.15, -0.1) is 5.10 Å². The summed E-state index contributed by atoms with van der Waals surface area (Å²) >= 11 is 1.36. The van der Waals surface area contributed by atoms with Gasteiger partial charge in [-0.3, -0.25) is 0 Å². The molecular weight excluding hydrogens is 294 g/mol. The quantitative estimate of drug-likeness (QED) is 0.521. The van der Waals surface area contributed by atoms with Crippen LogP contribution in [0.4, 0.5) is 0 Å². The Morgan fingerprint density at radius 1 is 1.18 bits per heavy atom. The lowest BCUT2D eigenvalue weighted by atomic mass is 10.1. The van der Waals surface area contributed by atoms with Crippen molar-refractivity contribution in [2.45, 2.75) is 13.5 Å². The van der Waals surface area contributed by atoms with Crippen molar-refractivity contribution in [2.75, 3.05) is 6.26 Å². The van der Waals surface area contributed by atoms with Crippen molar-refractivity contribution in [2.24, 2.45) is 15.9 Å². The maximum absolute atomic E-state index is 5.87. The summed E-state index contributed by atoms with van der Waals surface area (Å²) < 4.78 is 5.87. The molecule has 5 heteroatoms. The lowest BCUT2D eigenvalue weighted by Gasteiger charge is -2.09. The van der Waals surface area contributed by atoms with Crippen LogP contribution >= 0.6 is 11.8 Å². The Morgan fingerprint density at radius 2 is 1.91 bits per heavy atom. The molecule has 0 fully saturated rings. The van der Waals surface area contributed by atoms with Gasteiger partial charge in [-0.1, -0.05) is 53.7 Å². The third-order valence-corrected chi connectivity index (χ3v) is 3.50. The van der Waals surface area contributed by atoms with Crippen LogP contribution in [0.15, 0.2) is 58.7 Å². The fourth-order valence-electron chi connectivity index (χ4n) is 1.75. The van der Waals surface area contributed by atoms with Gasteiger partial charge in [0.25, 0.3) is 0 Å². The highest BCUT2D eigenvalue weighted by Crippen LogP contribution is 2.18. The number of nitrogens with two attached hydrogens (primary N) is 1. The first-order valence-electron chi connectivity index (χ1n) is 6.87. The molecule has 0 aromatic heterocycles. The summed E-state index contributed by atoms with van der Waals surface area (Å²) in [6, 6.07) is 16.0. The first kappa shape index (κ1) is 16.1. The number of para-hydroxylation sites is 1. The van der Waals surface area contributed by atoms with E-state index in [-0.39, 0.29) is 0 Å². The van der Waals surface area contributed by atoms with E-state index in [0.29, 0.717) is 11.8 Å². The minimum Gasteiger partial charge on any atom is -0.488 e. The van der Waals surface area contributed by atoms with E-state index in [1.807, 2.05) is 30.5 Å². The number of rotatable bonds is 5. The summed E-state index contributed by atoms with van der Waals surface area (Å²) in [7, 11) is 0. The van der Waals surface area contributed by atoms with E-state index in [4.69, 9.17) is 10.5 Å². The number of hydrogen-bond donors (Lipinski definition) is 1. The number of amidine groups is 1. The van der Waals surface area contributed by atoms with Gasteiger partial charge in [-0.05, 0) is 30.9 Å². The minimum absolute atomic E-state index is 0.425. The second-order valence-electron chi connectivity index (χ2n) is 4.70. The average molecular weight is 313 g/mol. The molecule has 0 saturated heterocycles. The molecule has 0 unspecified atom stereocenters. The second-order valence-corrected chi connectivity index (χ2v) is 5.53. The molecule has 0 saturated carbocycles. The topological polar surface area (TPSA) is 60.0 Å². The summed E-state index contributed by atoms with van der Waals surface area (Å²) in [5.74, 6) is 0.768. The van der Waals surface area contributed by atoms with Gasteiger partial charge >= 0.3 is 0 Å². The van der Waals surface area contributed by atoms with Crippen LogP contribution in [-0.4, -0.2) is 17.6 Å². The van der Waals surface area contributed by atoms with Crippen molar-refractivity contribution in [3.8, 4) is 5.75 Å². The summed E-state index contributed by atoms with van der Waals surface area (Å²) in [5.41, 5.74) is 8.82. The maximum Gasteiger partial charge on any atom is 0.180 e. The molecule has 0 atom stereocenters. The third-order valence-electron chi connectivity index (χ3n) is 3.00. The van der Waals surface area contributed by atoms with Gasteiger partial charge < -0.3 is 10.5 Å². The van der Waals surface area contributed by atoms with Crippen LogP contribution in [0, 0.1) is 6.92 Å². The van der Waals surface area contributed by atoms with Crippen molar-refractivity contribution >= 4 is 23.1 Å². The zero-order valence-corrected chi connectivity index (χ0v) is 13.5. The van der Waals surface area contributed by atoms with Gasteiger partial charge in [0.15, 0.2) is 5.17 Å². The van der Waals surface area contributed by atoms with Crippen LogP contribution < -0.4 is 10.5 Å². The standard InChI is InChI=1S/C17H19N3OS/c1-13-7-9-14(10-8-13)12-21-16-6-4-3-5-15(16)11-19-20-17(18)22-2/h3-11H,12H2,1-2H3,(H2,18,20)/b19-11-. The fourth-order valence-corrected chi connectivity index (χ4v) is 1.88. The summed E-state index contributed by atoms with van der Waals surface area (Å²) in [6.45, 7) is 2.58. The Kier molecular flexibility index (Phi) is 6.03. The number of hydrogen-bond acceptors (Lipinski definition) is 4. The van der Waals surface area contributed by atoms with Crippen molar-refractivity contribution < 1.29 is 4.74 Å². The Bertz CT molecular complexity index is 666. The van der Waals surface area contributed by atoms with E-state index >= 15 is 0 Å². The number of ether oxygens (including phenoxy) is 1. The van der Waals surface area contributed by atoms with E-state index in [1.165, 1.54) is 17.3 Å². The van der Waals surface area contributed by atoms with Gasteiger partial charge in [0.05, 0.1) is 6.21 Å². The van der Waals surface area contributed by atoms with Crippen molar-refractivity contribution in [3.63, 3.8) is 0 Å². The van der Waals surface area contributed by atoms with Gasteiger partial charge in [-0.2, -0.15) is 5.10 Å². The molecule has 0 aliphatic heterocycles. The largest absolute Gasteiger partial charge is 0.488 e. The Morgan fingerprint density at radius 3 is 2.64 bits per heavy atom. The van der Waals surface area contributed by atoms with Crippen LogP contribution in [-0.2, 0) is 6.61 Å². The lowest BCUT2D eigenvalue weighted by Crippen LogP contribution is -2.04. The molecule has 0 spiro atoms. The van der Waals surface area contributed by atoms with Gasteiger partial charge in [-0.25, -0.2) is 0 Å². The monoisotopic (exact) mass is 313 g/mol. The molecular formula is C17H19N3OS. The smallest absolute Gasteiger partial charge is 0.180 e. The molecule has 0 bridgehead atoms. The minimum atomic E-state index is 0.425. The Labute approximate surface area is 135 Å². The van der Waals surface area contributed by atoms with E-state index in [2.05, 4.69) is 41.4 Å². The number of benzene rings is 2. The highest BCUT2D eigenvalue weighted by atomic mass is 32.2. The Balaban J connectivity index is 2.06. The molecule has 2 rings (SSSR count). The molecule has 22 heavy (non-hydrogen) atoms. The van der Waals surface area contributed by atoms with Gasteiger partial charge in [0.2, 0.25) is 0 Å². The van der Waals surface area contributed by atoms with E-state index in [0.717, 1.165) is 16.9 Å². The SMILES string of the molecule is CS/C(N)=N/N=C\c1ccccc1OCc1ccc(C)cc1. The first-order valence-corrected chi connectivity index (χ1v) is 8.09. The molecule has 0 heterocycles. The average Bonchev–Trinajstić information content (AvgIpc) is 2.55. The normalized spacial score (nSPS) is 11.8. The molecule has 2 N–H and O–H groups in total. The van der Waals surface area contributed by atoms with E-state index < -0.39 is 0 Å². The van der Waals surface area contributed by atoms with Crippen LogP contribution in [0.25, 0.3) is 0 Å². The molecule has 0 aliphatic rings. The number of nitrogens with zero attached hydrogens (tertiary/aromatic N) is 2. The molecule has 114 valence electrons. The zero-order chi connectivity index (χ0) is 15.8. The summed E-state index contributed by atoms with van der Waals surface area (Å²) in [6.07, 6.45) is 3.50. The van der Waals surface area contributed by atoms with Gasteiger partial charge in [0, 0.05) is 5.56 Å². The summed E-state index contributed by atoms with van der Waals surface area (Å²) in [5, 5.41) is 8.28. The predicted octanol–water partition coefficient (Wildman–Crippen LogP) is 3.59.